The number of thioether (sulfide) groups is 2. The Kier molecular flexibility index (Phi) is 4.32. The highest BCUT2D eigenvalue weighted by Gasteiger charge is 2.33. The Bertz CT molecular complexity index is 413. The molecule has 0 aromatic rings. The first-order valence-electron chi connectivity index (χ1n) is 6.81. The van der Waals surface area contributed by atoms with Gasteiger partial charge in [-0.1, -0.05) is 56.1 Å². The van der Waals surface area contributed by atoms with E-state index in [2.05, 4.69) is 41.8 Å². The molecule has 1 saturated heterocycles. The number of fused-ring (bicyclic) bond motifs is 1. The predicted molar refractivity (Wildman–Crippen MR) is 88.4 cm³/mol. The van der Waals surface area contributed by atoms with E-state index in [4.69, 9.17) is 12.2 Å². The van der Waals surface area contributed by atoms with Crippen molar-refractivity contribution in [3.63, 3.8) is 0 Å². The van der Waals surface area contributed by atoms with Crippen molar-refractivity contribution >= 4 is 40.6 Å². The average Bonchev–Trinajstić information content (AvgIpc) is 2.72. The Labute approximate surface area is 123 Å². The van der Waals surface area contributed by atoms with Crippen LogP contribution in [-0.2, 0) is 0 Å². The molecule has 1 saturated carbocycles. The number of rotatable bonds is 0. The molecular weight excluding hydrogens is 276 g/mol. The third-order valence-corrected chi connectivity index (χ3v) is 7.47. The Morgan fingerprint density at radius 1 is 0.889 bits per heavy atom. The topological polar surface area (TPSA) is 0 Å². The van der Waals surface area contributed by atoms with Crippen LogP contribution in [0.5, 0.6) is 0 Å². The summed E-state index contributed by atoms with van der Waals surface area (Å²) in [5, 5.41) is 1.67. The largest absolute Gasteiger partial charge is 0.114 e. The molecule has 3 rings (SSSR count). The highest BCUT2D eigenvalue weighted by molar-refractivity contribution is 8.26. The van der Waals surface area contributed by atoms with Gasteiger partial charge in [-0.2, -0.15) is 0 Å². The fourth-order valence-corrected chi connectivity index (χ4v) is 6.73. The normalized spacial score (nSPS) is 32.3. The summed E-state index contributed by atoms with van der Waals surface area (Å²) in [6.45, 7) is 0. The van der Waals surface area contributed by atoms with Crippen LogP contribution in [-0.4, -0.2) is 15.4 Å². The number of allylic oxidation sites excluding steroid dienone is 5. The predicted octanol–water partition coefficient (Wildman–Crippen LogP) is 5.27. The van der Waals surface area contributed by atoms with Crippen molar-refractivity contribution in [2.45, 2.75) is 49.0 Å². The maximum atomic E-state index is 5.46. The number of thiocarbonyl (C=S) groups is 1. The van der Waals surface area contributed by atoms with E-state index in [-0.39, 0.29) is 0 Å². The molecule has 3 aliphatic rings. The third kappa shape index (κ3) is 2.78. The van der Waals surface area contributed by atoms with E-state index in [1.807, 2.05) is 6.08 Å². The molecule has 3 heteroatoms. The van der Waals surface area contributed by atoms with Crippen LogP contribution in [0, 0.1) is 0 Å². The second-order valence-corrected chi connectivity index (χ2v) is 8.28. The Morgan fingerprint density at radius 2 is 1.50 bits per heavy atom. The van der Waals surface area contributed by atoms with Gasteiger partial charge >= 0.3 is 0 Å². The van der Waals surface area contributed by atoms with Crippen LogP contribution in [0.2, 0.25) is 0 Å². The van der Waals surface area contributed by atoms with Gasteiger partial charge in [0.1, 0.15) is 0 Å². The van der Waals surface area contributed by atoms with Gasteiger partial charge in [0.15, 0.2) is 0 Å². The molecule has 0 aromatic heterocycles. The van der Waals surface area contributed by atoms with Crippen LogP contribution in [0.4, 0.5) is 0 Å². The molecule has 2 aliphatic carbocycles. The first-order chi connectivity index (χ1) is 8.84. The van der Waals surface area contributed by atoms with Crippen molar-refractivity contribution in [3.05, 3.63) is 34.1 Å². The highest BCUT2D eigenvalue weighted by atomic mass is 32.2. The average molecular weight is 295 g/mol. The van der Waals surface area contributed by atoms with E-state index in [0.717, 1.165) is 15.4 Å². The van der Waals surface area contributed by atoms with Crippen LogP contribution >= 0.6 is 35.7 Å². The molecule has 0 spiro atoms. The van der Waals surface area contributed by atoms with E-state index >= 15 is 0 Å². The van der Waals surface area contributed by atoms with Gasteiger partial charge in [-0.15, -0.1) is 23.5 Å². The maximum absolute atomic E-state index is 5.46. The van der Waals surface area contributed by atoms with Gasteiger partial charge in [0.05, 0.1) is 0 Å². The minimum Gasteiger partial charge on any atom is -0.114 e. The molecule has 2 fully saturated rings. The summed E-state index contributed by atoms with van der Waals surface area (Å²) in [7, 11) is 0. The van der Waals surface area contributed by atoms with Crippen molar-refractivity contribution in [2.75, 3.05) is 0 Å². The first-order valence-corrected chi connectivity index (χ1v) is 8.98. The zero-order valence-corrected chi connectivity index (χ0v) is 12.9. The van der Waals surface area contributed by atoms with Crippen LogP contribution in [0.1, 0.15) is 38.5 Å². The SMILES string of the molecule is S=C1C=CC=CC1=C1SC2CCCCCCC2S1. The van der Waals surface area contributed by atoms with Crippen LogP contribution < -0.4 is 0 Å². The molecule has 2 unspecified atom stereocenters. The molecule has 96 valence electrons. The second-order valence-electron chi connectivity index (χ2n) is 5.09. The highest BCUT2D eigenvalue weighted by Crippen LogP contribution is 2.52. The van der Waals surface area contributed by atoms with Crippen molar-refractivity contribution in [3.8, 4) is 0 Å². The van der Waals surface area contributed by atoms with Gasteiger partial charge in [-0.3, -0.25) is 0 Å². The molecule has 0 radical (unpaired) electrons. The van der Waals surface area contributed by atoms with Gasteiger partial charge in [0.2, 0.25) is 0 Å². The lowest BCUT2D eigenvalue weighted by Gasteiger charge is -2.19. The standard InChI is InChI=1S/C15H18S3/c16-12-8-6-5-7-11(12)15-17-13-9-3-1-2-4-10-14(13)18-15/h5-8,13-14H,1-4,9-10H2. The van der Waals surface area contributed by atoms with Crippen LogP contribution in [0.15, 0.2) is 34.1 Å². The molecule has 0 N–H and O–H groups in total. The quantitative estimate of drug-likeness (QED) is 0.441. The number of hydrogen-bond donors (Lipinski definition) is 0. The molecular formula is C15H18S3. The van der Waals surface area contributed by atoms with Crippen LogP contribution in [0.3, 0.4) is 0 Å². The fourth-order valence-electron chi connectivity index (χ4n) is 2.75. The zero-order valence-electron chi connectivity index (χ0n) is 10.4. The van der Waals surface area contributed by atoms with E-state index in [1.165, 1.54) is 48.3 Å². The molecule has 0 amide bonds. The van der Waals surface area contributed by atoms with E-state index in [9.17, 15) is 0 Å². The minimum atomic E-state index is 0.833. The Hall–Kier alpha value is 0.01000. The summed E-state index contributed by atoms with van der Waals surface area (Å²) < 4.78 is 1.48. The van der Waals surface area contributed by atoms with Gasteiger partial charge < -0.3 is 0 Å². The smallest absolute Gasteiger partial charge is 0.0494 e. The van der Waals surface area contributed by atoms with Gasteiger partial charge in [0, 0.05) is 25.2 Å². The number of hydrogen-bond acceptors (Lipinski definition) is 3. The second kappa shape index (κ2) is 5.98. The molecule has 0 aromatic carbocycles. The summed E-state index contributed by atoms with van der Waals surface area (Å²) in [6, 6.07) is 0. The Balaban J connectivity index is 1.80. The molecule has 2 atom stereocenters. The molecule has 0 nitrogen and oxygen atoms in total. The van der Waals surface area contributed by atoms with Gasteiger partial charge in [0.25, 0.3) is 0 Å². The van der Waals surface area contributed by atoms with Gasteiger partial charge in [-0.25, -0.2) is 0 Å². The zero-order chi connectivity index (χ0) is 12.4. The molecule has 1 aliphatic heterocycles. The van der Waals surface area contributed by atoms with E-state index < -0.39 is 0 Å². The maximum Gasteiger partial charge on any atom is 0.0494 e. The third-order valence-electron chi connectivity index (χ3n) is 3.77. The Morgan fingerprint density at radius 3 is 2.11 bits per heavy atom. The lowest BCUT2D eigenvalue weighted by atomic mass is 10.0. The lowest BCUT2D eigenvalue weighted by Crippen LogP contribution is -2.16. The summed E-state index contributed by atoms with van der Waals surface area (Å²) >= 11 is 9.65. The van der Waals surface area contributed by atoms with Crippen molar-refractivity contribution in [1.29, 1.82) is 0 Å². The van der Waals surface area contributed by atoms with Crippen molar-refractivity contribution in [1.82, 2.24) is 0 Å². The van der Waals surface area contributed by atoms with Crippen molar-refractivity contribution < 1.29 is 0 Å². The van der Waals surface area contributed by atoms with Crippen molar-refractivity contribution in [2.24, 2.45) is 0 Å². The molecule has 0 bridgehead atoms. The lowest BCUT2D eigenvalue weighted by molar-refractivity contribution is 0.524. The first kappa shape index (κ1) is 13.0. The fraction of sp³-hybridized carbons (Fsp3) is 0.533. The summed E-state index contributed by atoms with van der Waals surface area (Å²) in [4.78, 5) is 1.02. The van der Waals surface area contributed by atoms with E-state index in [0.29, 0.717) is 0 Å². The minimum absolute atomic E-state index is 0.833. The summed E-state index contributed by atoms with van der Waals surface area (Å²) in [5.41, 5.74) is 1.30. The molecule has 1 heterocycles. The summed E-state index contributed by atoms with van der Waals surface area (Å²) in [5.74, 6) is 0. The molecule has 18 heavy (non-hydrogen) atoms. The summed E-state index contributed by atoms with van der Waals surface area (Å²) in [6.07, 6.45) is 16.9. The van der Waals surface area contributed by atoms with Crippen LogP contribution in [0.25, 0.3) is 0 Å². The van der Waals surface area contributed by atoms with Gasteiger partial charge in [-0.05, 0) is 18.9 Å². The monoisotopic (exact) mass is 294 g/mol. The van der Waals surface area contributed by atoms with E-state index in [1.54, 1.807) is 0 Å².